The van der Waals surface area contributed by atoms with Crippen molar-refractivity contribution in [1.82, 2.24) is 24.3 Å². The monoisotopic (exact) mass is 220 g/mol. The van der Waals surface area contributed by atoms with Gasteiger partial charge in [0.2, 0.25) is 0 Å². The Morgan fingerprint density at radius 2 is 2.25 bits per heavy atom. The second-order valence-electron chi connectivity index (χ2n) is 3.64. The summed E-state index contributed by atoms with van der Waals surface area (Å²) < 4.78 is 3.89. The van der Waals surface area contributed by atoms with E-state index < -0.39 is 0 Å². The van der Waals surface area contributed by atoms with Gasteiger partial charge in [-0.1, -0.05) is 6.92 Å². The molecule has 0 saturated carbocycles. The van der Waals surface area contributed by atoms with Crippen molar-refractivity contribution in [1.29, 1.82) is 0 Å². The van der Waals surface area contributed by atoms with Crippen LogP contribution in [0.4, 0.5) is 0 Å². The van der Waals surface area contributed by atoms with Gasteiger partial charge < -0.3 is 10.3 Å². The van der Waals surface area contributed by atoms with Gasteiger partial charge in [-0.15, -0.1) is 0 Å². The molecule has 16 heavy (non-hydrogen) atoms. The summed E-state index contributed by atoms with van der Waals surface area (Å²) in [5.41, 5.74) is 6.40. The third-order valence-corrected chi connectivity index (χ3v) is 2.35. The Balaban J connectivity index is 2.10. The predicted octanol–water partition coefficient (Wildman–Crippen LogP) is 0.392. The molecule has 0 atom stereocenters. The van der Waals surface area contributed by atoms with Crippen molar-refractivity contribution in [2.75, 3.05) is 0 Å². The lowest BCUT2D eigenvalue weighted by Gasteiger charge is -2.04. The fourth-order valence-corrected chi connectivity index (χ4v) is 1.57. The van der Waals surface area contributed by atoms with Crippen molar-refractivity contribution in [2.24, 2.45) is 5.73 Å². The molecule has 2 N–H and O–H groups in total. The number of aromatic nitrogens is 5. The molecule has 0 saturated heterocycles. The van der Waals surface area contributed by atoms with Crippen LogP contribution in [0.5, 0.6) is 0 Å². The molecule has 0 fully saturated rings. The maximum Gasteiger partial charge on any atom is 0.146 e. The lowest BCUT2D eigenvalue weighted by molar-refractivity contribution is 0.554. The van der Waals surface area contributed by atoms with Gasteiger partial charge in [-0.3, -0.25) is 0 Å². The van der Waals surface area contributed by atoms with Gasteiger partial charge >= 0.3 is 0 Å². The van der Waals surface area contributed by atoms with Crippen molar-refractivity contribution >= 4 is 0 Å². The number of aryl methyl sites for hydroxylation is 1. The van der Waals surface area contributed by atoms with Crippen LogP contribution in [0.1, 0.15) is 24.9 Å². The largest absolute Gasteiger partial charge is 0.330 e. The number of hydrogen-bond acceptors (Lipinski definition) is 4. The van der Waals surface area contributed by atoms with Crippen LogP contribution >= 0.6 is 0 Å². The first kappa shape index (κ1) is 10.8. The highest BCUT2D eigenvalue weighted by Gasteiger charge is 2.04. The Bertz CT molecular complexity index is 444. The molecule has 0 aromatic carbocycles. The molecule has 6 heteroatoms. The summed E-state index contributed by atoms with van der Waals surface area (Å²) in [7, 11) is 0. The summed E-state index contributed by atoms with van der Waals surface area (Å²) in [6.45, 7) is 4.17. The molecule has 0 radical (unpaired) electrons. The Kier molecular flexibility index (Phi) is 3.31. The van der Waals surface area contributed by atoms with Gasteiger partial charge in [0, 0.05) is 19.3 Å². The van der Waals surface area contributed by atoms with Crippen LogP contribution in [0.3, 0.4) is 0 Å². The van der Waals surface area contributed by atoms with E-state index in [-0.39, 0.29) is 0 Å². The highest BCUT2D eigenvalue weighted by atomic mass is 15.3. The van der Waals surface area contributed by atoms with E-state index >= 15 is 0 Å². The van der Waals surface area contributed by atoms with Crippen LogP contribution in [0, 0.1) is 0 Å². The molecule has 6 nitrogen and oxygen atoms in total. The van der Waals surface area contributed by atoms with E-state index in [0.717, 1.165) is 24.5 Å². The zero-order valence-electron chi connectivity index (χ0n) is 9.37. The molecule has 0 aliphatic rings. The molecule has 0 spiro atoms. The summed E-state index contributed by atoms with van der Waals surface area (Å²) in [5.74, 6) is 0.947. The number of nitrogens with two attached hydrogens (primary N) is 1. The highest BCUT2D eigenvalue weighted by Crippen LogP contribution is 2.01. The van der Waals surface area contributed by atoms with Crippen molar-refractivity contribution in [3.05, 3.63) is 30.4 Å². The Morgan fingerprint density at radius 3 is 2.94 bits per heavy atom. The van der Waals surface area contributed by atoms with Crippen LogP contribution in [0.15, 0.2) is 18.9 Å². The van der Waals surface area contributed by atoms with Crippen LogP contribution in [0.25, 0.3) is 0 Å². The topological polar surface area (TPSA) is 74.5 Å². The third kappa shape index (κ3) is 2.27. The standard InChI is InChI=1S/C10H16N6/c1-2-3-16-10(12-7-14-16)6-15-5-9(4-11)13-8-15/h5,7-8H,2-4,6,11H2,1H3. The zero-order chi connectivity index (χ0) is 11.4. The number of imidazole rings is 1. The Morgan fingerprint density at radius 1 is 1.38 bits per heavy atom. The lowest BCUT2D eigenvalue weighted by Crippen LogP contribution is -2.09. The number of nitrogens with zero attached hydrogens (tertiary/aromatic N) is 5. The highest BCUT2D eigenvalue weighted by molar-refractivity contribution is 4.98. The fourth-order valence-electron chi connectivity index (χ4n) is 1.57. The average molecular weight is 220 g/mol. The molecule has 0 bridgehead atoms. The van der Waals surface area contributed by atoms with Crippen LogP contribution in [0.2, 0.25) is 0 Å². The van der Waals surface area contributed by atoms with Gasteiger partial charge in [0.05, 0.1) is 18.6 Å². The molecule has 0 unspecified atom stereocenters. The summed E-state index contributed by atoms with van der Waals surface area (Å²) >= 11 is 0. The molecular formula is C10H16N6. The molecule has 2 aromatic rings. The van der Waals surface area contributed by atoms with Crippen LogP contribution < -0.4 is 5.73 Å². The quantitative estimate of drug-likeness (QED) is 0.791. The summed E-state index contributed by atoms with van der Waals surface area (Å²) in [4.78, 5) is 8.41. The normalized spacial score (nSPS) is 10.9. The minimum absolute atomic E-state index is 0.467. The van der Waals surface area contributed by atoms with Gasteiger partial charge in [0.1, 0.15) is 12.2 Å². The van der Waals surface area contributed by atoms with E-state index in [1.807, 2.05) is 15.4 Å². The Hall–Kier alpha value is -1.69. The van der Waals surface area contributed by atoms with E-state index in [0.29, 0.717) is 13.1 Å². The molecule has 2 aromatic heterocycles. The SMILES string of the molecule is CCCn1ncnc1Cn1cnc(CN)c1. The number of rotatable bonds is 5. The van der Waals surface area contributed by atoms with Crippen molar-refractivity contribution in [3.63, 3.8) is 0 Å². The number of hydrogen-bond donors (Lipinski definition) is 1. The van der Waals surface area contributed by atoms with Crippen LogP contribution in [-0.4, -0.2) is 24.3 Å². The molecule has 86 valence electrons. The molecule has 0 aliphatic carbocycles. The van der Waals surface area contributed by atoms with Gasteiger partial charge in [-0.05, 0) is 6.42 Å². The summed E-state index contributed by atoms with van der Waals surface area (Å²) in [6.07, 6.45) is 6.35. The minimum Gasteiger partial charge on any atom is -0.330 e. The fraction of sp³-hybridized carbons (Fsp3) is 0.500. The second-order valence-corrected chi connectivity index (χ2v) is 3.64. The average Bonchev–Trinajstić information content (AvgIpc) is 2.90. The predicted molar refractivity (Wildman–Crippen MR) is 59.5 cm³/mol. The zero-order valence-corrected chi connectivity index (χ0v) is 9.37. The van der Waals surface area contributed by atoms with Gasteiger partial charge in [-0.2, -0.15) is 5.10 Å². The van der Waals surface area contributed by atoms with E-state index in [9.17, 15) is 0 Å². The first-order chi connectivity index (χ1) is 7.83. The molecular weight excluding hydrogens is 204 g/mol. The lowest BCUT2D eigenvalue weighted by atomic mass is 10.4. The molecule has 0 amide bonds. The maximum atomic E-state index is 5.51. The maximum absolute atomic E-state index is 5.51. The smallest absolute Gasteiger partial charge is 0.146 e. The van der Waals surface area contributed by atoms with E-state index in [1.54, 1.807) is 12.7 Å². The van der Waals surface area contributed by atoms with Crippen molar-refractivity contribution in [2.45, 2.75) is 33.0 Å². The van der Waals surface area contributed by atoms with Gasteiger partial charge in [0.15, 0.2) is 0 Å². The van der Waals surface area contributed by atoms with E-state index in [1.165, 1.54) is 0 Å². The molecule has 0 aliphatic heterocycles. The van der Waals surface area contributed by atoms with E-state index in [2.05, 4.69) is 22.0 Å². The van der Waals surface area contributed by atoms with Crippen molar-refractivity contribution < 1.29 is 0 Å². The summed E-state index contributed by atoms with van der Waals surface area (Å²) in [5, 5.41) is 4.18. The van der Waals surface area contributed by atoms with Gasteiger partial charge in [-0.25, -0.2) is 14.6 Å². The molecule has 2 heterocycles. The van der Waals surface area contributed by atoms with Crippen LogP contribution in [-0.2, 0) is 19.6 Å². The minimum atomic E-state index is 0.467. The second kappa shape index (κ2) is 4.89. The summed E-state index contributed by atoms with van der Waals surface area (Å²) in [6, 6.07) is 0. The van der Waals surface area contributed by atoms with E-state index in [4.69, 9.17) is 5.73 Å². The van der Waals surface area contributed by atoms with Crippen molar-refractivity contribution in [3.8, 4) is 0 Å². The molecule has 2 rings (SSSR count). The Labute approximate surface area is 94.1 Å². The first-order valence-electron chi connectivity index (χ1n) is 5.41. The first-order valence-corrected chi connectivity index (χ1v) is 5.41. The van der Waals surface area contributed by atoms with Gasteiger partial charge in [0.25, 0.3) is 0 Å². The third-order valence-electron chi connectivity index (χ3n) is 2.35.